The molecule has 5 heteroatoms. The van der Waals surface area contributed by atoms with E-state index in [1.165, 1.54) is 0 Å². The largest absolute Gasteiger partial charge is 0.378 e. The quantitative estimate of drug-likeness (QED) is 0.909. The minimum absolute atomic E-state index is 0.102. The highest BCUT2D eigenvalue weighted by molar-refractivity contribution is 6.30. The molecule has 1 aromatic carbocycles. The molecule has 0 aliphatic carbocycles. The molecule has 20 heavy (non-hydrogen) atoms. The summed E-state index contributed by atoms with van der Waals surface area (Å²) in [7, 11) is 0. The van der Waals surface area contributed by atoms with E-state index in [9.17, 15) is 4.79 Å². The molecule has 0 saturated heterocycles. The first-order chi connectivity index (χ1) is 9.38. The molecule has 106 valence electrons. The molecular weight excluding hydrogens is 274 g/mol. The normalized spacial score (nSPS) is 12.2. The van der Waals surface area contributed by atoms with Crippen molar-refractivity contribution < 1.29 is 0 Å². The van der Waals surface area contributed by atoms with Gasteiger partial charge in [0.05, 0.1) is 17.3 Å². The van der Waals surface area contributed by atoms with Crippen LogP contribution in [0.4, 0.5) is 5.69 Å². The van der Waals surface area contributed by atoms with Crippen molar-refractivity contribution in [3.8, 4) is 0 Å². The number of aryl methyl sites for hydroxylation is 3. The lowest BCUT2D eigenvalue weighted by Gasteiger charge is -2.18. The van der Waals surface area contributed by atoms with Crippen LogP contribution >= 0.6 is 11.6 Å². The average molecular weight is 292 g/mol. The van der Waals surface area contributed by atoms with E-state index in [1.807, 2.05) is 39.0 Å². The van der Waals surface area contributed by atoms with Crippen LogP contribution in [0.25, 0.3) is 0 Å². The van der Waals surface area contributed by atoms with Crippen molar-refractivity contribution in [1.29, 1.82) is 0 Å². The summed E-state index contributed by atoms with van der Waals surface area (Å²) in [5.74, 6) is 0.627. The molecule has 0 aliphatic heterocycles. The zero-order valence-corrected chi connectivity index (χ0v) is 12.8. The predicted molar refractivity (Wildman–Crippen MR) is 82.6 cm³/mol. The zero-order chi connectivity index (χ0) is 14.9. The molecule has 0 saturated carbocycles. The molecule has 1 heterocycles. The molecule has 2 N–H and O–H groups in total. The van der Waals surface area contributed by atoms with Crippen LogP contribution in [0.2, 0.25) is 5.02 Å². The first kappa shape index (κ1) is 14.6. The first-order valence-electron chi connectivity index (χ1n) is 6.48. The number of benzene rings is 1. The van der Waals surface area contributed by atoms with E-state index in [-0.39, 0.29) is 11.6 Å². The van der Waals surface area contributed by atoms with Gasteiger partial charge < -0.3 is 10.3 Å². The van der Waals surface area contributed by atoms with Gasteiger partial charge in [-0.25, -0.2) is 4.98 Å². The van der Waals surface area contributed by atoms with Gasteiger partial charge >= 0.3 is 0 Å². The van der Waals surface area contributed by atoms with E-state index in [0.29, 0.717) is 16.4 Å². The molecule has 0 fully saturated rings. The smallest absolute Gasteiger partial charge is 0.256 e. The number of nitrogens with one attached hydrogen (secondary N) is 2. The Kier molecular flexibility index (Phi) is 4.14. The van der Waals surface area contributed by atoms with Gasteiger partial charge in [-0.3, -0.25) is 4.79 Å². The maximum absolute atomic E-state index is 12.1. The molecule has 0 amide bonds. The monoisotopic (exact) mass is 291 g/mol. The highest BCUT2D eigenvalue weighted by Crippen LogP contribution is 2.24. The van der Waals surface area contributed by atoms with Crippen molar-refractivity contribution in [3.63, 3.8) is 0 Å². The van der Waals surface area contributed by atoms with E-state index in [2.05, 4.69) is 15.3 Å². The van der Waals surface area contributed by atoms with Crippen molar-refractivity contribution in [1.82, 2.24) is 9.97 Å². The van der Waals surface area contributed by atoms with Crippen LogP contribution in [0, 0.1) is 20.8 Å². The Hall–Kier alpha value is -1.81. The SMILES string of the molecule is Cc1nc(C)c(C(C)Nc2cc(Cl)ccc2C)c(=O)[nH]1. The van der Waals surface area contributed by atoms with E-state index in [1.54, 1.807) is 6.92 Å². The molecule has 1 atom stereocenters. The third kappa shape index (κ3) is 3.02. The Balaban J connectivity index is 2.36. The fraction of sp³-hybridized carbons (Fsp3) is 0.333. The topological polar surface area (TPSA) is 57.8 Å². The minimum Gasteiger partial charge on any atom is -0.378 e. The van der Waals surface area contributed by atoms with Crippen molar-refractivity contribution in [3.05, 3.63) is 56.2 Å². The first-order valence-corrected chi connectivity index (χ1v) is 6.86. The fourth-order valence-electron chi connectivity index (χ4n) is 2.30. The van der Waals surface area contributed by atoms with Crippen molar-refractivity contribution in [2.24, 2.45) is 0 Å². The van der Waals surface area contributed by atoms with Gasteiger partial charge in [0, 0.05) is 10.7 Å². The molecule has 0 spiro atoms. The molecule has 2 rings (SSSR count). The Bertz CT molecular complexity index is 694. The summed E-state index contributed by atoms with van der Waals surface area (Å²) in [4.78, 5) is 19.1. The summed E-state index contributed by atoms with van der Waals surface area (Å²) in [6.07, 6.45) is 0. The number of H-pyrrole nitrogens is 1. The molecule has 1 unspecified atom stereocenters. The van der Waals surface area contributed by atoms with Crippen LogP contribution in [0.5, 0.6) is 0 Å². The molecule has 0 radical (unpaired) electrons. The van der Waals surface area contributed by atoms with Crippen LogP contribution in [0.15, 0.2) is 23.0 Å². The van der Waals surface area contributed by atoms with Gasteiger partial charge in [0.15, 0.2) is 0 Å². The highest BCUT2D eigenvalue weighted by Gasteiger charge is 2.15. The highest BCUT2D eigenvalue weighted by atomic mass is 35.5. The minimum atomic E-state index is -0.149. The molecule has 0 aliphatic rings. The van der Waals surface area contributed by atoms with Crippen molar-refractivity contribution in [2.45, 2.75) is 33.7 Å². The number of nitrogens with zero attached hydrogens (tertiary/aromatic N) is 1. The second kappa shape index (κ2) is 5.67. The Labute approximate surface area is 123 Å². The Morgan fingerprint density at radius 2 is 2.00 bits per heavy atom. The van der Waals surface area contributed by atoms with E-state index in [4.69, 9.17) is 11.6 Å². The maximum atomic E-state index is 12.1. The summed E-state index contributed by atoms with van der Waals surface area (Å²) in [6, 6.07) is 5.50. The van der Waals surface area contributed by atoms with E-state index < -0.39 is 0 Å². The molecular formula is C15H18ClN3O. The second-order valence-corrected chi connectivity index (χ2v) is 5.41. The maximum Gasteiger partial charge on any atom is 0.256 e. The van der Waals surface area contributed by atoms with Gasteiger partial charge in [-0.2, -0.15) is 0 Å². The fourth-order valence-corrected chi connectivity index (χ4v) is 2.47. The molecule has 4 nitrogen and oxygen atoms in total. The summed E-state index contributed by atoms with van der Waals surface area (Å²) >= 11 is 6.01. The van der Waals surface area contributed by atoms with Crippen LogP contribution < -0.4 is 10.9 Å². The van der Waals surface area contributed by atoms with Gasteiger partial charge in [0.1, 0.15) is 5.82 Å². The summed E-state index contributed by atoms with van der Waals surface area (Å²) in [5.41, 5.74) is 3.29. The Morgan fingerprint density at radius 1 is 1.30 bits per heavy atom. The summed E-state index contributed by atoms with van der Waals surface area (Å²) in [5, 5.41) is 3.99. The van der Waals surface area contributed by atoms with Gasteiger partial charge in [-0.1, -0.05) is 17.7 Å². The lowest BCUT2D eigenvalue weighted by Crippen LogP contribution is -2.23. The average Bonchev–Trinajstić information content (AvgIpc) is 2.32. The summed E-state index contributed by atoms with van der Waals surface area (Å²) < 4.78 is 0. The third-order valence-corrected chi connectivity index (χ3v) is 3.50. The Morgan fingerprint density at radius 3 is 2.65 bits per heavy atom. The molecule has 1 aromatic heterocycles. The van der Waals surface area contributed by atoms with Gasteiger partial charge in [-0.05, 0) is 45.4 Å². The number of anilines is 1. The van der Waals surface area contributed by atoms with Gasteiger partial charge in [-0.15, -0.1) is 0 Å². The lowest BCUT2D eigenvalue weighted by atomic mass is 10.1. The van der Waals surface area contributed by atoms with Crippen molar-refractivity contribution >= 4 is 17.3 Å². The standard InChI is InChI=1S/C15H18ClN3O/c1-8-5-6-12(16)7-13(8)18-10(3)14-9(2)17-11(4)19-15(14)20/h5-7,10,18H,1-4H3,(H,17,19,20). The number of hydrogen-bond acceptors (Lipinski definition) is 3. The molecule has 0 bridgehead atoms. The van der Waals surface area contributed by atoms with Crippen LogP contribution in [0.1, 0.15) is 35.6 Å². The number of hydrogen-bond donors (Lipinski definition) is 2. The molecule has 2 aromatic rings. The zero-order valence-electron chi connectivity index (χ0n) is 12.0. The van der Waals surface area contributed by atoms with E-state index >= 15 is 0 Å². The number of aromatic nitrogens is 2. The van der Waals surface area contributed by atoms with Crippen LogP contribution in [0.3, 0.4) is 0 Å². The number of rotatable bonds is 3. The number of aromatic amines is 1. The third-order valence-electron chi connectivity index (χ3n) is 3.27. The van der Waals surface area contributed by atoms with E-state index in [0.717, 1.165) is 16.9 Å². The summed E-state index contributed by atoms with van der Waals surface area (Å²) in [6.45, 7) is 7.56. The van der Waals surface area contributed by atoms with Gasteiger partial charge in [0.25, 0.3) is 5.56 Å². The van der Waals surface area contributed by atoms with Crippen molar-refractivity contribution in [2.75, 3.05) is 5.32 Å². The number of halogens is 1. The predicted octanol–water partition coefficient (Wildman–Crippen LogP) is 3.52. The lowest BCUT2D eigenvalue weighted by molar-refractivity contribution is 0.813. The van der Waals surface area contributed by atoms with Gasteiger partial charge in [0.2, 0.25) is 0 Å². The van der Waals surface area contributed by atoms with Crippen LogP contribution in [-0.2, 0) is 0 Å². The van der Waals surface area contributed by atoms with Crippen LogP contribution in [-0.4, -0.2) is 9.97 Å². The second-order valence-electron chi connectivity index (χ2n) is 4.98.